The van der Waals surface area contributed by atoms with E-state index in [4.69, 9.17) is 10.1 Å². The Morgan fingerprint density at radius 1 is 0.900 bits per heavy atom. The van der Waals surface area contributed by atoms with E-state index in [0.29, 0.717) is 6.42 Å². The molecule has 1 unspecified atom stereocenters. The maximum absolute atomic E-state index is 13.4. The lowest BCUT2D eigenvalue weighted by molar-refractivity contribution is 0.461. The molecule has 4 aromatic rings. The third-order valence-corrected chi connectivity index (χ3v) is 5.97. The highest BCUT2D eigenvalue weighted by molar-refractivity contribution is 7.14. The van der Waals surface area contributed by atoms with Crippen molar-refractivity contribution in [2.75, 3.05) is 5.01 Å². The third-order valence-electron chi connectivity index (χ3n) is 5.14. The number of aromatic nitrogens is 1. The zero-order chi connectivity index (χ0) is 20.5. The van der Waals surface area contributed by atoms with Gasteiger partial charge in [-0.1, -0.05) is 60.7 Å². The Morgan fingerprint density at radius 2 is 1.63 bits per heavy atom. The van der Waals surface area contributed by atoms with Crippen LogP contribution in [-0.4, -0.2) is 15.8 Å². The van der Waals surface area contributed by atoms with Gasteiger partial charge in [-0.3, -0.25) is 0 Å². The molecule has 1 aliphatic heterocycles. The summed E-state index contributed by atoms with van der Waals surface area (Å²) in [5.41, 5.74) is 4.41. The van der Waals surface area contributed by atoms with Gasteiger partial charge in [-0.25, -0.2) is 14.4 Å². The van der Waals surface area contributed by atoms with E-state index >= 15 is 0 Å². The molecule has 0 amide bonds. The molecule has 30 heavy (non-hydrogen) atoms. The minimum absolute atomic E-state index is 0.193. The zero-order valence-electron chi connectivity index (χ0n) is 15.9. The molecule has 2 heterocycles. The van der Waals surface area contributed by atoms with Gasteiger partial charge in [-0.2, -0.15) is 5.10 Å². The topological polar surface area (TPSA) is 48.7 Å². The van der Waals surface area contributed by atoms with Crippen LogP contribution in [0.25, 0.3) is 11.3 Å². The second kappa shape index (κ2) is 7.72. The molecule has 1 atom stereocenters. The Bertz CT molecular complexity index is 1200. The maximum atomic E-state index is 13.4. The summed E-state index contributed by atoms with van der Waals surface area (Å²) in [7, 11) is 0. The number of rotatable bonds is 4. The van der Waals surface area contributed by atoms with Crippen molar-refractivity contribution in [1.29, 1.82) is 0 Å². The number of phenols is 1. The van der Waals surface area contributed by atoms with Crippen LogP contribution in [-0.2, 0) is 0 Å². The minimum atomic E-state index is -0.279. The molecule has 0 fully saturated rings. The quantitative estimate of drug-likeness (QED) is 0.444. The van der Waals surface area contributed by atoms with Crippen molar-refractivity contribution in [1.82, 2.24) is 4.98 Å². The van der Waals surface area contributed by atoms with Gasteiger partial charge in [0.2, 0.25) is 5.13 Å². The Kier molecular flexibility index (Phi) is 4.77. The van der Waals surface area contributed by atoms with E-state index in [1.807, 2.05) is 52.9 Å². The smallest absolute Gasteiger partial charge is 0.207 e. The van der Waals surface area contributed by atoms with Crippen LogP contribution in [0.3, 0.4) is 0 Å². The summed E-state index contributed by atoms with van der Waals surface area (Å²) in [5.74, 6) is -0.0539. The third kappa shape index (κ3) is 3.46. The zero-order valence-corrected chi connectivity index (χ0v) is 16.8. The first-order valence-corrected chi connectivity index (χ1v) is 10.5. The predicted molar refractivity (Wildman–Crippen MR) is 118 cm³/mol. The lowest BCUT2D eigenvalue weighted by atomic mass is 9.98. The van der Waals surface area contributed by atoms with Crippen molar-refractivity contribution in [3.8, 4) is 17.0 Å². The van der Waals surface area contributed by atoms with Crippen LogP contribution in [0.5, 0.6) is 5.75 Å². The fraction of sp³-hybridized carbons (Fsp3) is 0.0833. The van der Waals surface area contributed by atoms with Crippen molar-refractivity contribution < 1.29 is 9.50 Å². The molecule has 1 N–H and O–H groups in total. The number of aromatic hydroxyl groups is 1. The standard InChI is InChI=1S/C24H18FN3OS/c25-18-12-10-17(11-13-18)20-14-22(19-8-4-5-9-23(19)29)28(27-20)24-26-21(15-30-24)16-6-2-1-3-7-16/h1-13,15,22,29H,14H2. The second-order valence-electron chi connectivity index (χ2n) is 7.06. The van der Waals surface area contributed by atoms with Crippen molar-refractivity contribution in [2.24, 2.45) is 5.10 Å². The van der Waals surface area contributed by atoms with E-state index in [1.54, 1.807) is 24.3 Å². The number of phenolic OH excluding ortho intramolecular Hbond substituents is 1. The highest BCUT2D eigenvalue weighted by Crippen LogP contribution is 2.41. The number of benzene rings is 3. The first kappa shape index (κ1) is 18.5. The number of hydrogen-bond acceptors (Lipinski definition) is 5. The maximum Gasteiger partial charge on any atom is 0.207 e. The van der Waals surface area contributed by atoms with Crippen LogP contribution in [0.4, 0.5) is 9.52 Å². The summed E-state index contributed by atoms with van der Waals surface area (Å²) >= 11 is 1.51. The van der Waals surface area contributed by atoms with E-state index < -0.39 is 0 Å². The van der Waals surface area contributed by atoms with Gasteiger partial charge in [0.1, 0.15) is 11.6 Å². The molecule has 0 saturated heterocycles. The Morgan fingerprint density at radius 3 is 2.40 bits per heavy atom. The number of para-hydroxylation sites is 1. The van der Waals surface area contributed by atoms with Crippen LogP contribution in [0.1, 0.15) is 23.6 Å². The number of thiazole rings is 1. The van der Waals surface area contributed by atoms with Crippen LogP contribution < -0.4 is 5.01 Å². The fourth-order valence-electron chi connectivity index (χ4n) is 3.63. The first-order chi connectivity index (χ1) is 14.7. The highest BCUT2D eigenvalue weighted by Gasteiger charge is 2.33. The number of halogens is 1. The molecule has 4 nitrogen and oxygen atoms in total. The summed E-state index contributed by atoms with van der Waals surface area (Å²) in [4.78, 5) is 4.81. The number of hydrazone groups is 1. The monoisotopic (exact) mass is 415 g/mol. The Balaban J connectivity index is 1.56. The summed E-state index contributed by atoms with van der Waals surface area (Å²) in [6, 6.07) is 23.4. The SMILES string of the molecule is Oc1ccccc1C1CC(c2ccc(F)cc2)=NN1c1nc(-c2ccccc2)cs1. The Labute approximate surface area is 177 Å². The van der Waals surface area contributed by atoms with Gasteiger partial charge in [0.25, 0.3) is 0 Å². The molecule has 1 aliphatic rings. The van der Waals surface area contributed by atoms with Crippen LogP contribution in [0, 0.1) is 5.82 Å². The molecule has 0 bridgehead atoms. The molecule has 0 saturated carbocycles. The lowest BCUT2D eigenvalue weighted by Gasteiger charge is -2.21. The molecular weight excluding hydrogens is 397 g/mol. The molecule has 3 aromatic carbocycles. The van der Waals surface area contributed by atoms with E-state index in [0.717, 1.165) is 33.2 Å². The van der Waals surface area contributed by atoms with Crippen LogP contribution >= 0.6 is 11.3 Å². The summed E-state index contributed by atoms with van der Waals surface area (Å²) in [5, 5.41) is 19.9. The molecular formula is C24H18FN3OS. The van der Waals surface area contributed by atoms with E-state index in [-0.39, 0.29) is 17.6 Å². The Hall–Kier alpha value is -3.51. The van der Waals surface area contributed by atoms with E-state index in [1.165, 1.54) is 23.5 Å². The minimum Gasteiger partial charge on any atom is -0.508 e. The largest absolute Gasteiger partial charge is 0.508 e. The summed E-state index contributed by atoms with van der Waals surface area (Å²) in [6.07, 6.45) is 0.587. The average molecular weight is 415 g/mol. The molecule has 5 rings (SSSR count). The van der Waals surface area contributed by atoms with Gasteiger partial charge in [-0.15, -0.1) is 11.3 Å². The van der Waals surface area contributed by atoms with Gasteiger partial charge in [0, 0.05) is 22.9 Å². The lowest BCUT2D eigenvalue weighted by Crippen LogP contribution is -2.18. The summed E-state index contributed by atoms with van der Waals surface area (Å²) in [6.45, 7) is 0. The van der Waals surface area contributed by atoms with Crippen molar-refractivity contribution in [3.63, 3.8) is 0 Å². The summed E-state index contributed by atoms with van der Waals surface area (Å²) < 4.78 is 13.4. The molecule has 148 valence electrons. The number of nitrogens with zero attached hydrogens (tertiary/aromatic N) is 3. The molecule has 6 heteroatoms. The van der Waals surface area contributed by atoms with Crippen molar-refractivity contribution in [3.05, 3.63) is 101 Å². The number of anilines is 1. The van der Waals surface area contributed by atoms with Crippen molar-refractivity contribution >= 4 is 22.2 Å². The van der Waals surface area contributed by atoms with Crippen molar-refractivity contribution in [2.45, 2.75) is 12.5 Å². The van der Waals surface area contributed by atoms with Crippen LogP contribution in [0.15, 0.2) is 89.3 Å². The average Bonchev–Trinajstić information content (AvgIpc) is 3.43. The second-order valence-corrected chi connectivity index (χ2v) is 7.89. The van der Waals surface area contributed by atoms with Gasteiger partial charge < -0.3 is 5.11 Å². The van der Waals surface area contributed by atoms with Gasteiger partial charge in [0.05, 0.1) is 17.4 Å². The van der Waals surface area contributed by atoms with Crippen LogP contribution in [0.2, 0.25) is 0 Å². The number of hydrogen-bond donors (Lipinski definition) is 1. The molecule has 1 aromatic heterocycles. The highest BCUT2D eigenvalue weighted by atomic mass is 32.1. The van der Waals surface area contributed by atoms with E-state index in [9.17, 15) is 9.50 Å². The molecule has 0 spiro atoms. The van der Waals surface area contributed by atoms with Gasteiger partial charge in [-0.05, 0) is 23.8 Å². The predicted octanol–water partition coefficient (Wildman–Crippen LogP) is 6.01. The van der Waals surface area contributed by atoms with E-state index in [2.05, 4.69) is 0 Å². The normalized spacial score (nSPS) is 16.0. The van der Waals surface area contributed by atoms with Gasteiger partial charge in [0.15, 0.2) is 0 Å². The molecule has 0 aliphatic carbocycles. The fourth-order valence-corrected chi connectivity index (χ4v) is 4.46. The molecule has 0 radical (unpaired) electrons. The van der Waals surface area contributed by atoms with Gasteiger partial charge >= 0.3 is 0 Å². The first-order valence-electron chi connectivity index (χ1n) is 9.60.